The smallest absolute Gasteiger partial charge is 0.338 e. The van der Waals surface area contributed by atoms with E-state index in [1.54, 1.807) is 4.90 Å². The molecule has 0 saturated heterocycles. The van der Waals surface area contributed by atoms with Crippen molar-refractivity contribution >= 4 is 17.6 Å². The van der Waals surface area contributed by atoms with E-state index in [0.717, 1.165) is 17.2 Å². The van der Waals surface area contributed by atoms with Crippen LogP contribution in [0.15, 0.2) is 84.9 Å². The summed E-state index contributed by atoms with van der Waals surface area (Å²) in [6.07, 6.45) is 0. The number of hydrogen-bond acceptors (Lipinski definition) is 5. The maximum atomic E-state index is 12.8. The van der Waals surface area contributed by atoms with E-state index in [1.165, 1.54) is 18.2 Å². The van der Waals surface area contributed by atoms with Crippen LogP contribution in [-0.4, -0.2) is 28.3 Å². The lowest BCUT2D eigenvalue weighted by Crippen LogP contribution is -2.33. The van der Waals surface area contributed by atoms with Gasteiger partial charge in [-0.3, -0.25) is 14.9 Å². The third-order valence-corrected chi connectivity index (χ3v) is 4.40. The summed E-state index contributed by atoms with van der Waals surface area (Å²) < 4.78 is 5.13. The third kappa shape index (κ3) is 5.75. The Hall–Kier alpha value is -4.00. The molecule has 0 aliphatic rings. The normalized spacial score (nSPS) is 10.3. The highest BCUT2D eigenvalue weighted by molar-refractivity contribution is 5.91. The van der Waals surface area contributed by atoms with Gasteiger partial charge in [-0.1, -0.05) is 66.7 Å². The summed E-state index contributed by atoms with van der Waals surface area (Å²) in [5, 5.41) is 10.9. The van der Waals surface area contributed by atoms with E-state index in [2.05, 4.69) is 0 Å². The van der Waals surface area contributed by atoms with Crippen molar-refractivity contribution in [3.05, 3.63) is 112 Å². The van der Waals surface area contributed by atoms with Crippen molar-refractivity contribution in [2.24, 2.45) is 0 Å². The van der Waals surface area contributed by atoms with Gasteiger partial charge in [0.1, 0.15) is 0 Å². The fraction of sp³-hybridized carbons (Fsp3) is 0.130. The first kappa shape index (κ1) is 20.7. The molecule has 3 aromatic carbocycles. The Morgan fingerprint density at radius 3 is 1.93 bits per heavy atom. The van der Waals surface area contributed by atoms with Gasteiger partial charge in [0.05, 0.1) is 10.5 Å². The molecule has 30 heavy (non-hydrogen) atoms. The number of nitrogens with zero attached hydrogens (tertiary/aromatic N) is 2. The molecule has 0 bridgehead atoms. The highest BCUT2D eigenvalue weighted by Crippen LogP contribution is 2.15. The predicted molar refractivity (Wildman–Crippen MR) is 111 cm³/mol. The lowest BCUT2D eigenvalue weighted by molar-refractivity contribution is -0.384. The molecular weight excluding hydrogens is 384 g/mol. The van der Waals surface area contributed by atoms with E-state index in [4.69, 9.17) is 4.74 Å². The molecule has 0 spiro atoms. The zero-order chi connectivity index (χ0) is 21.3. The number of carbonyl (C=O) groups is 2. The van der Waals surface area contributed by atoms with Crippen LogP contribution in [0.2, 0.25) is 0 Å². The average molecular weight is 404 g/mol. The van der Waals surface area contributed by atoms with Gasteiger partial charge in [0.15, 0.2) is 6.61 Å². The van der Waals surface area contributed by atoms with Crippen molar-refractivity contribution in [1.82, 2.24) is 4.90 Å². The molecule has 0 radical (unpaired) electrons. The van der Waals surface area contributed by atoms with Gasteiger partial charge in [-0.05, 0) is 17.2 Å². The van der Waals surface area contributed by atoms with Gasteiger partial charge in [0.25, 0.3) is 11.6 Å². The van der Waals surface area contributed by atoms with Crippen molar-refractivity contribution in [1.29, 1.82) is 0 Å². The number of ether oxygens (including phenoxy) is 1. The van der Waals surface area contributed by atoms with Crippen molar-refractivity contribution in [3.63, 3.8) is 0 Å². The van der Waals surface area contributed by atoms with Crippen molar-refractivity contribution < 1.29 is 19.2 Å². The Morgan fingerprint density at radius 1 is 0.833 bits per heavy atom. The molecule has 3 rings (SSSR count). The lowest BCUT2D eigenvalue weighted by atomic mass is 10.1. The van der Waals surface area contributed by atoms with E-state index in [0.29, 0.717) is 13.1 Å². The van der Waals surface area contributed by atoms with Gasteiger partial charge in [-0.15, -0.1) is 0 Å². The quantitative estimate of drug-likeness (QED) is 0.322. The monoisotopic (exact) mass is 404 g/mol. The minimum Gasteiger partial charge on any atom is -0.452 e. The first-order chi connectivity index (χ1) is 14.5. The third-order valence-electron chi connectivity index (χ3n) is 4.40. The SMILES string of the molecule is O=C(OCC(=O)N(Cc1ccccc1)Cc1ccccc1)c1cccc([N+](=O)[O-])c1. The Balaban J connectivity index is 1.68. The Bertz CT molecular complexity index is 981. The number of benzene rings is 3. The number of esters is 1. The molecule has 0 aromatic heterocycles. The van der Waals surface area contributed by atoms with Crippen LogP contribution in [0.3, 0.4) is 0 Å². The molecule has 0 fully saturated rings. The molecule has 0 N–H and O–H groups in total. The Morgan fingerprint density at radius 2 is 1.40 bits per heavy atom. The number of nitro benzene ring substituents is 1. The molecule has 7 nitrogen and oxygen atoms in total. The molecule has 7 heteroatoms. The van der Waals surface area contributed by atoms with Crippen LogP contribution in [0.5, 0.6) is 0 Å². The maximum Gasteiger partial charge on any atom is 0.338 e. The Kier molecular flexibility index (Phi) is 6.89. The summed E-state index contributed by atoms with van der Waals surface area (Å²) in [6.45, 7) is 0.271. The molecule has 0 saturated carbocycles. The highest BCUT2D eigenvalue weighted by atomic mass is 16.6. The molecule has 152 valence electrons. The van der Waals surface area contributed by atoms with Gasteiger partial charge >= 0.3 is 5.97 Å². The Labute approximate surface area is 173 Å². The molecule has 3 aromatic rings. The fourth-order valence-corrected chi connectivity index (χ4v) is 2.89. The van der Waals surface area contributed by atoms with Crippen LogP contribution < -0.4 is 0 Å². The minimum atomic E-state index is -0.786. The van der Waals surface area contributed by atoms with Gasteiger partial charge < -0.3 is 9.64 Å². The zero-order valence-electron chi connectivity index (χ0n) is 16.1. The standard InChI is InChI=1S/C23H20N2O5/c26-22(17-30-23(27)20-12-7-13-21(14-20)25(28)29)24(15-18-8-3-1-4-9-18)16-19-10-5-2-6-11-19/h1-14H,15-17H2. The average Bonchev–Trinajstić information content (AvgIpc) is 2.78. The molecule has 0 heterocycles. The summed E-state index contributed by atoms with van der Waals surface area (Å²) in [7, 11) is 0. The van der Waals surface area contributed by atoms with Crippen LogP contribution in [-0.2, 0) is 22.6 Å². The summed E-state index contributed by atoms with van der Waals surface area (Å²) in [5.74, 6) is -1.15. The topological polar surface area (TPSA) is 89.8 Å². The summed E-state index contributed by atoms with van der Waals surface area (Å²) >= 11 is 0. The van der Waals surface area contributed by atoms with E-state index < -0.39 is 17.5 Å². The van der Waals surface area contributed by atoms with E-state index in [9.17, 15) is 19.7 Å². The number of non-ortho nitro benzene ring substituents is 1. The van der Waals surface area contributed by atoms with Crippen molar-refractivity contribution in [2.75, 3.05) is 6.61 Å². The first-order valence-corrected chi connectivity index (χ1v) is 9.30. The largest absolute Gasteiger partial charge is 0.452 e. The number of rotatable bonds is 8. The second-order valence-corrected chi connectivity index (χ2v) is 6.60. The van der Waals surface area contributed by atoms with Gasteiger partial charge in [-0.25, -0.2) is 4.79 Å². The first-order valence-electron chi connectivity index (χ1n) is 9.30. The van der Waals surface area contributed by atoms with Gasteiger partial charge in [0.2, 0.25) is 0 Å². The molecule has 0 aliphatic carbocycles. The predicted octanol–water partition coefficient (Wildman–Crippen LogP) is 3.98. The van der Waals surface area contributed by atoms with Crippen molar-refractivity contribution in [3.8, 4) is 0 Å². The molecule has 0 atom stereocenters. The maximum absolute atomic E-state index is 12.8. The molecule has 1 amide bonds. The summed E-state index contributed by atoms with van der Waals surface area (Å²) in [4.78, 5) is 36.9. The molecule has 0 unspecified atom stereocenters. The van der Waals surface area contributed by atoms with Gasteiger partial charge in [-0.2, -0.15) is 0 Å². The van der Waals surface area contributed by atoms with Crippen LogP contribution >= 0.6 is 0 Å². The second-order valence-electron chi connectivity index (χ2n) is 6.60. The second kappa shape index (κ2) is 9.97. The van der Waals surface area contributed by atoms with Crippen LogP contribution in [0.1, 0.15) is 21.5 Å². The van der Waals surface area contributed by atoms with Gasteiger partial charge in [0, 0.05) is 25.2 Å². The van der Waals surface area contributed by atoms with Crippen LogP contribution in [0.4, 0.5) is 5.69 Å². The summed E-state index contributed by atoms with van der Waals surface area (Å²) in [5.41, 5.74) is 1.71. The van der Waals surface area contributed by atoms with Crippen LogP contribution in [0, 0.1) is 10.1 Å². The number of nitro groups is 1. The van der Waals surface area contributed by atoms with E-state index in [-0.39, 0.29) is 17.2 Å². The summed E-state index contributed by atoms with van der Waals surface area (Å²) in [6, 6.07) is 24.2. The van der Waals surface area contributed by atoms with E-state index >= 15 is 0 Å². The molecule has 0 aliphatic heterocycles. The minimum absolute atomic E-state index is 0.0228. The number of hydrogen-bond donors (Lipinski definition) is 0. The number of amides is 1. The lowest BCUT2D eigenvalue weighted by Gasteiger charge is -2.23. The van der Waals surface area contributed by atoms with E-state index in [1.807, 2.05) is 60.7 Å². The zero-order valence-corrected chi connectivity index (χ0v) is 16.1. The van der Waals surface area contributed by atoms with Crippen LogP contribution in [0.25, 0.3) is 0 Å². The van der Waals surface area contributed by atoms with Crippen molar-refractivity contribution in [2.45, 2.75) is 13.1 Å². The molecular formula is C23H20N2O5. The highest BCUT2D eigenvalue weighted by Gasteiger charge is 2.18. The fourth-order valence-electron chi connectivity index (χ4n) is 2.89. The number of carbonyl (C=O) groups excluding carboxylic acids is 2.